The van der Waals surface area contributed by atoms with Crippen molar-refractivity contribution < 1.29 is 18.4 Å². The third-order valence-electron chi connectivity index (χ3n) is 1.87. The summed E-state index contributed by atoms with van der Waals surface area (Å²) in [6.45, 7) is 0. The van der Waals surface area contributed by atoms with Gasteiger partial charge in [-0.25, -0.2) is 4.98 Å². The highest BCUT2D eigenvalue weighted by Crippen LogP contribution is 2.36. The Labute approximate surface area is 76.7 Å². The number of hydrogen-bond donors (Lipinski definition) is 1. The minimum Gasteiger partial charge on any atom is -0.427 e. The molecule has 0 aromatic heterocycles. The van der Waals surface area contributed by atoms with E-state index in [1.165, 1.54) is 12.3 Å². The van der Waals surface area contributed by atoms with Crippen molar-refractivity contribution in [3.8, 4) is 11.4 Å². The van der Waals surface area contributed by atoms with Crippen LogP contribution in [0.1, 0.15) is 5.56 Å². The third-order valence-corrected chi connectivity index (χ3v) is 1.87. The minimum atomic E-state index is -4.43. The first-order valence-corrected chi connectivity index (χ1v) is 3.72. The Morgan fingerprint density at radius 3 is 2.64 bits per heavy atom. The van der Waals surface area contributed by atoms with Crippen molar-refractivity contribution in [2.75, 3.05) is 0 Å². The number of nitrogens with zero attached hydrogens (tertiary/aromatic N) is 2. The van der Waals surface area contributed by atoms with Gasteiger partial charge >= 0.3 is 6.18 Å². The molecule has 2 aliphatic rings. The van der Waals surface area contributed by atoms with Crippen LogP contribution in [0.25, 0.3) is 11.4 Å². The molecular formula is C8H5F3N2O. The van der Waals surface area contributed by atoms with Crippen molar-refractivity contribution >= 4 is 0 Å². The van der Waals surface area contributed by atoms with Crippen molar-refractivity contribution in [1.29, 1.82) is 0 Å². The molecule has 2 heterocycles. The maximum atomic E-state index is 12.4. The van der Waals surface area contributed by atoms with E-state index in [0.717, 1.165) is 12.3 Å². The molecule has 3 nitrogen and oxygen atoms in total. The Morgan fingerprint density at radius 1 is 1.29 bits per heavy atom. The number of alkyl halides is 3. The molecule has 0 saturated carbocycles. The fourth-order valence-electron chi connectivity index (χ4n) is 1.27. The molecule has 0 amide bonds. The fourth-order valence-corrected chi connectivity index (χ4v) is 1.27. The number of pyridine rings is 1. The van der Waals surface area contributed by atoms with Crippen LogP contribution in [0, 0.1) is 0 Å². The average molecular weight is 202 g/mol. The lowest BCUT2D eigenvalue weighted by Crippen LogP contribution is -2.10. The minimum absolute atomic E-state index is 0.0974. The van der Waals surface area contributed by atoms with E-state index < -0.39 is 11.7 Å². The summed E-state index contributed by atoms with van der Waals surface area (Å²) in [5.41, 5.74) is -0.905. The molecule has 0 aromatic rings. The zero-order chi connectivity index (χ0) is 10.3. The Bertz CT molecular complexity index is 435. The van der Waals surface area contributed by atoms with E-state index in [9.17, 15) is 13.2 Å². The second-order valence-corrected chi connectivity index (χ2v) is 2.75. The van der Waals surface area contributed by atoms with Gasteiger partial charge in [-0.05, 0) is 12.1 Å². The predicted molar refractivity (Wildman–Crippen MR) is 41.0 cm³/mol. The molecule has 0 bridgehead atoms. The Morgan fingerprint density at radius 2 is 2.00 bits per heavy atom. The highest BCUT2D eigenvalue weighted by Gasteiger charge is 2.35. The van der Waals surface area contributed by atoms with Crippen LogP contribution >= 0.6 is 0 Å². The molecular weight excluding hydrogens is 197 g/mol. The molecule has 2 rings (SSSR count). The molecule has 6 heteroatoms. The van der Waals surface area contributed by atoms with E-state index in [1.54, 1.807) is 0 Å². The average Bonchev–Trinajstić information content (AvgIpc) is 2.50. The van der Waals surface area contributed by atoms with Crippen molar-refractivity contribution in [3.63, 3.8) is 0 Å². The maximum Gasteiger partial charge on any atom is 0.417 e. The topological polar surface area (TPSA) is 38.0 Å². The SMILES string of the molecule is On1ccc(C(F)(F)F)c2ccnc1-2. The summed E-state index contributed by atoms with van der Waals surface area (Å²) in [5.74, 6) is -0.0974. The Kier molecular flexibility index (Phi) is 1.67. The normalized spacial score (nSPS) is 12.2. The van der Waals surface area contributed by atoms with Crippen LogP contribution in [0.5, 0.6) is 0 Å². The molecule has 0 fully saturated rings. The monoisotopic (exact) mass is 202 g/mol. The van der Waals surface area contributed by atoms with Crippen molar-refractivity contribution in [2.45, 2.75) is 6.18 Å². The third kappa shape index (κ3) is 1.19. The second-order valence-electron chi connectivity index (χ2n) is 2.75. The molecule has 2 aliphatic heterocycles. The lowest BCUT2D eigenvalue weighted by molar-refractivity contribution is -0.137. The van der Waals surface area contributed by atoms with Gasteiger partial charge in [0, 0.05) is 18.0 Å². The first-order valence-electron chi connectivity index (χ1n) is 3.72. The number of fused-ring (bicyclic) bond motifs is 1. The smallest absolute Gasteiger partial charge is 0.417 e. The largest absolute Gasteiger partial charge is 0.427 e. The second kappa shape index (κ2) is 2.63. The Balaban J connectivity index is 2.70. The van der Waals surface area contributed by atoms with Gasteiger partial charge in [-0.15, -0.1) is 0 Å². The quantitative estimate of drug-likeness (QED) is 0.665. The summed E-state index contributed by atoms with van der Waals surface area (Å²) < 4.78 is 37.8. The van der Waals surface area contributed by atoms with E-state index >= 15 is 0 Å². The molecule has 1 N–H and O–H groups in total. The van der Waals surface area contributed by atoms with Gasteiger partial charge in [0.1, 0.15) is 0 Å². The molecule has 0 aromatic carbocycles. The molecule has 0 unspecified atom stereocenters. The summed E-state index contributed by atoms with van der Waals surface area (Å²) >= 11 is 0. The van der Waals surface area contributed by atoms with E-state index in [4.69, 9.17) is 5.21 Å². The lowest BCUT2D eigenvalue weighted by atomic mass is 10.1. The van der Waals surface area contributed by atoms with Crippen LogP contribution in [0.2, 0.25) is 0 Å². The molecule has 0 atom stereocenters. The molecule has 0 radical (unpaired) electrons. The van der Waals surface area contributed by atoms with Gasteiger partial charge in [0.2, 0.25) is 0 Å². The molecule has 14 heavy (non-hydrogen) atoms. The van der Waals surface area contributed by atoms with Gasteiger partial charge in [0.15, 0.2) is 5.82 Å². The van der Waals surface area contributed by atoms with E-state index in [1.807, 2.05) is 0 Å². The van der Waals surface area contributed by atoms with E-state index in [-0.39, 0.29) is 11.4 Å². The number of hydrogen-bond acceptors (Lipinski definition) is 2. The highest BCUT2D eigenvalue weighted by atomic mass is 19.4. The predicted octanol–water partition coefficient (Wildman–Crippen LogP) is 2.24. The summed E-state index contributed by atoms with van der Waals surface area (Å²) in [7, 11) is 0. The molecule has 0 aliphatic carbocycles. The number of aromatic nitrogens is 2. The van der Waals surface area contributed by atoms with E-state index in [0.29, 0.717) is 4.73 Å². The van der Waals surface area contributed by atoms with Gasteiger partial charge in [0.05, 0.1) is 5.56 Å². The molecule has 0 saturated heterocycles. The zero-order valence-electron chi connectivity index (χ0n) is 6.78. The number of rotatable bonds is 0. The first kappa shape index (κ1) is 8.86. The van der Waals surface area contributed by atoms with Gasteiger partial charge in [0.25, 0.3) is 0 Å². The van der Waals surface area contributed by atoms with Crippen LogP contribution in [0.3, 0.4) is 0 Å². The summed E-state index contributed by atoms with van der Waals surface area (Å²) in [5, 5.41) is 9.14. The fraction of sp³-hybridized carbons (Fsp3) is 0.125. The standard InChI is InChI=1S/C8H5F3N2O/c9-8(10,11)6-2-4-13(14)7-5(6)1-3-12-7/h1-4,14H. The van der Waals surface area contributed by atoms with Gasteiger partial charge in [-0.1, -0.05) is 0 Å². The summed E-state index contributed by atoms with van der Waals surface area (Å²) in [4.78, 5) is 3.61. The zero-order valence-corrected chi connectivity index (χ0v) is 6.78. The van der Waals surface area contributed by atoms with Crippen LogP contribution < -0.4 is 0 Å². The van der Waals surface area contributed by atoms with E-state index in [2.05, 4.69) is 4.98 Å². The van der Waals surface area contributed by atoms with Crippen LogP contribution in [0.4, 0.5) is 13.2 Å². The molecule has 0 spiro atoms. The summed E-state index contributed by atoms with van der Waals surface area (Å²) in [6, 6.07) is 2.02. The molecule has 74 valence electrons. The van der Waals surface area contributed by atoms with Gasteiger partial charge < -0.3 is 5.21 Å². The van der Waals surface area contributed by atoms with Crippen molar-refractivity contribution in [3.05, 3.63) is 30.1 Å². The van der Waals surface area contributed by atoms with Crippen LogP contribution in [-0.2, 0) is 6.18 Å². The van der Waals surface area contributed by atoms with Gasteiger partial charge in [-0.2, -0.15) is 17.9 Å². The lowest BCUT2D eigenvalue weighted by Gasteiger charge is -2.12. The number of halogens is 3. The van der Waals surface area contributed by atoms with Gasteiger partial charge in [-0.3, -0.25) is 0 Å². The summed E-state index contributed by atoms with van der Waals surface area (Å²) in [6.07, 6.45) is -2.30. The van der Waals surface area contributed by atoms with Crippen LogP contribution in [-0.4, -0.2) is 14.9 Å². The van der Waals surface area contributed by atoms with Crippen LogP contribution in [0.15, 0.2) is 24.5 Å². The van der Waals surface area contributed by atoms with Crippen molar-refractivity contribution in [2.24, 2.45) is 0 Å². The first-order chi connectivity index (χ1) is 6.50. The Hall–Kier alpha value is -1.72. The maximum absolute atomic E-state index is 12.4. The van der Waals surface area contributed by atoms with Crippen molar-refractivity contribution in [1.82, 2.24) is 9.71 Å². The highest BCUT2D eigenvalue weighted by molar-refractivity contribution is 5.62.